The fourth-order valence-corrected chi connectivity index (χ4v) is 2.68. The molecule has 0 aliphatic heterocycles. The van der Waals surface area contributed by atoms with Gasteiger partial charge in [-0.05, 0) is 55.5 Å². The van der Waals surface area contributed by atoms with Gasteiger partial charge < -0.3 is 4.74 Å². The zero-order valence-electron chi connectivity index (χ0n) is 14.7. The molecule has 0 aromatic heterocycles. The molecule has 2 aromatic carbocycles. The fourth-order valence-electron chi connectivity index (χ4n) is 2.68. The molecule has 1 aliphatic rings. The molecule has 0 amide bonds. The lowest BCUT2D eigenvalue weighted by molar-refractivity contribution is -0.128. The molecular weight excluding hydrogens is 308 g/mol. The van der Waals surface area contributed by atoms with Crippen molar-refractivity contribution in [1.29, 1.82) is 0 Å². The molecule has 0 N–H and O–H groups in total. The van der Waals surface area contributed by atoms with E-state index in [0.717, 1.165) is 29.5 Å². The molecule has 0 saturated carbocycles. The maximum absolute atomic E-state index is 12.0. The van der Waals surface area contributed by atoms with E-state index in [4.69, 9.17) is 4.74 Å². The predicted octanol–water partition coefficient (Wildman–Crippen LogP) is 5.79. The van der Waals surface area contributed by atoms with Gasteiger partial charge in [0, 0.05) is 6.08 Å². The van der Waals surface area contributed by atoms with Crippen LogP contribution in [0.25, 0.3) is 11.1 Å². The Hall–Kier alpha value is -2.87. The van der Waals surface area contributed by atoms with Crippen molar-refractivity contribution in [3.8, 4) is 16.9 Å². The van der Waals surface area contributed by atoms with Crippen LogP contribution >= 0.6 is 0 Å². The van der Waals surface area contributed by atoms with E-state index in [-0.39, 0.29) is 5.97 Å². The van der Waals surface area contributed by atoms with Crippen LogP contribution in [-0.2, 0) is 4.79 Å². The minimum atomic E-state index is -0.352. The molecule has 2 aromatic rings. The summed E-state index contributed by atoms with van der Waals surface area (Å²) < 4.78 is 5.37. The second kappa shape index (κ2) is 7.80. The third-order valence-electron chi connectivity index (χ3n) is 4.28. The van der Waals surface area contributed by atoms with Crippen molar-refractivity contribution in [3.63, 3.8) is 0 Å². The second-order valence-electron chi connectivity index (χ2n) is 6.40. The molecule has 126 valence electrons. The van der Waals surface area contributed by atoms with Crippen LogP contribution in [0, 0.1) is 6.92 Å². The Labute approximate surface area is 149 Å². The largest absolute Gasteiger partial charge is 0.423 e. The standard InChI is InChI=1S/C23H22O2/c1-17-3-7-19(8-4-17)9-16-23(24)25-22-14-12-21(13-15-22)20-10-5-18(2)6-11-20/h3,5-7,9-16H,4,8H2,1-2H3/b16-9+. The summed E-state index contributed by atoms with van der Waals surface area (Å²) in [4.78, 5) is 12.0. The Morgan fingerprint density at radius 3 is 2.12 bits per heavy atom. The Morgan fingerprint density at radius 1 is 0.880 bits per heavy atom. The molecule has 1 aliphatic carbocycles. The number of hydrogen-bond acceptors (Lipinski definition) is 2. The molecule has 2 heteroatoms. The van der Waals surface area contributed by atoms with Gasteiger partial charge in [-0.15, -0.1) is 0 Å². The van der Waals surface area contributed by atoms with Crippen LogP contribution in [0.1, 0.15) is 25.3 Å². The first-order valence-electron chi connectivity index (χ1n) is 8.53. The first-order valence-corrected chi connectivity index (χ1v) is 8.53. The average Bonchev–Trinajstić information content (AvgIpc) is 2.63. The number of rotatable bonds is 4. The van der Waals surface area contributed by atoms with Crippen molar-refractivity contribution in [2.24, 2.45) is 0 Å². The van der Waals surface area contributed by atoms with Gasteiger partial charge >= 0.3 is 5.97 Å². The molecule has 0 heterocycles. The van der Waals surface area contributed by atoms with Crippen LogP contribution in [0.15, 0.2) is 84.0 Å². The van der Waals surface area contributed by atoms with E-state index >= 15 is 0 Å². The Balaban J connectivity index is 1.61. The van der Waals surface area contributed by atoms with Gasteiger partial charge in [-0.3, -0.25) is 0 Å². The highest BCUT2D eigenvalue weighted by Crippen LogP contribution is 2.23. The van der Waals surface area contributed by atoms with E-state index in [2.05, 4.69) is 50.3 Å². The molecule has 0 fully saturated rings. The van der Waals surface area contributed by atoms with Crippen LogP contribution < -0.4 is 4.74 Å². The molecule has 0 unspecified atom stereocenters. The molecule has 2 nitrogen and oxygen atoms in total. The molecule has 0 spiro atoms. The molecule has 25 heavy (non-hydrogen) atoms. The van der Waals surface area contributed by atoms with E-state index in [1.807, 2.05) is 30.3 Å². The number of aryl methyl sites for hydroxylation is 1. The third-order valence-corrected chi connectivity index (χ3v) is 4.28. The van der Waals surface area contributed by atoms with Crippen LogP contribution in [0.2, 0.25) is 0 Å². The highest BCUT2D eigenvalue weighted by molar-refractivity contribution is 5.84. The summed E-state index contributed by atoms with van der Waals surface area (Å²) in [5.74, 6) is 0.203. The van der Waals surface area contributed by atoms with Crippen molar-refractivity contribution >= 4 is 5.97 Å². The number of benzene rings is 2. The van der Waals surface area contributed by atoms with Crippen LogP contribution in [-0.4, -0.2) is 5.97 Å². The Kier molecular flexibility index (Phi) is 5.30. The first kappa shape index (κ1) is 17.0. The maximum Gasteiger partial charge on any atom is 0.336 e. The summed E-state index contributed by atoms with van der Waals surface area (Å²) in [7, 11) is 0. The van der Waals surface area contributed by atoms with E-state index in [9.17, 15) is 4.79 Å². The minimum absolute atomic E-state index is 0.352. The van der Waals surface area contributed by atoms with E-state index in [1.54, 1.807) is 0 Å². The summed E-state index contributed by atoms with van der Waals surface area (Å²) in [6.07, 6.45) is 9.50. The second-order valence-corrected chi connectivity index (χ2v) is 6.40. The van der Waals surface area contributed by atoms with Gasteiger partial charge in [-0.2, -0.15) is 0 Å². The lowest BCUT2D eigenvalue weighted by Gasteiger charge is -2.08. The van der Waals surface area contributed by atoms with Gasteiger partial charge in [-0.25, -0.2) is 4.79 Å². The van der Waals surface area contributed by atoms with Gasteiger partial charge in [0.05, 0.1) is 0 Å². The minimum Gasteiger partial charge on any atom is -0.423 e. The number of allylic oxidation sites excluding steroid dienone is 5. The van der Waals surface area contributed by atoms with Gasteiger partial charge in [0.1, 0.15) is 5.75 Å². The van der Waals surface area contributed by atoms with E-state index < -0.39 is 0 Å². The lowest BCUT2D eigenvalue weighted by atomic mass is 9.99. The Morgan fingerprint density at radius 2 is 1.52 bits per heavy atom. The summed E-state index contributed by atoms with van der Waals surface area (Å²) in [6, 6.07) is 15.9. The van der Waals surface area contributed by atoms with Crippen molar-refractivity contribution in [3.05, 3.63) is 89.5 Å². The fraction of sp³-hybridized carbons (Fsp3) is 0.174. The lowest BCUT2D eigenvalue weighted by Crippen LogP contribution is -2.04. The van der Waals surface area contributed by atoms with Crippen molar-refractivity contribution in [1.82, 2.24) is 0 Å². The summed E-state index contributed by atoms with van der Waals surface area (Å²) in [6.45, 7) is 4.19. The van der Waals surface area contributed by atoms with E-state index in [1.165, 1.54) is 17.2 Å². The smallest absolute Gasteiger partial charge is 0.336 e. The number of hydrogen-bond donors (Lipinski definition) is 0. The topological polar surface area (TPSA) is 26.3 Å². The summed E-state index contributed by atoms with van der Waals surface area (Å²) in [5, 5.41) is 0. The van der Waals surface area contributed by atoms with E-state index in [0.29, 0.717) is 5.75 Å². The summed E-state index contributed by atoms with van der Waals surface area (Å²) >= 11 is 0. The van der Waals surface area contributed by atoms with Gasteiger partial charge in [0.25, 0.3) is 0 Å². The van der Waals surface area contributed by atoms with Gasteiger partial charge in [0.2, 0.25) is 0 Å². The third kappa shape index (κ3) is 4.80. The van der Waals surface area contributed by atoms with Crippen molar-refractivity contribution < 1.29 is 9.53 Å². The van der Waals surface area contributed by atoms with Gasteiger partial charge in [-0.1, -0.05) is 65.8 Å². The first-order chi connectivity index (χ1) is 12.1. The highest BCUT2D eigenvalue weighted by atomic mass is 16.5. The van der Waals surface area contributed by atoms with Crippen LogP contribution in [0.3, 0.4) is 0 Å². The molecular formula is C23H22O2. The number of carbonyl (C=O) groups excluding carboxylic acids is 1. The van der Waals surface area contributed by atoms with Crippen LogP contribution in [0.4, 0.5) is 0 Å². The monoisotopic (exact) mass is 330 g/mol. The zero-order valence-corrected chi connectivity index (χ0v) is 14.7. The molecule has 3 rings (SSSR count). The Bertz CT molecular complexity index is 835. The average molecular weight is 330 g/mol. The highest BCUT2D eigenvalue weighted by Gasteiger charge is 2.04. The number of esters is 1. The maximum atomic E-state index is 12.0. The molecule has 0 atom stereocenters. The zero-order chi connectivity index (χ0) is 17.6. The molecule has 0 saturated heterocycles. The quantitative estimate of drug-likeness (QED) is 0.403. The predicted molar refractivity (Wildman–Crippen MR) is 102 cm³/mol. The van der Waals surface area contributed by atoms with Crippen molar-refractivity contribution in [2.75, 3.05) is 0 Å². The summed E-state index contributed by atoms with van der Waals surface area (Å²) in [5.41, 5.74) is 6.01. The number of carbonyl (C=O) groups is 1. The number of ether oxygens (including phenoxy) is 1. The van der Waals surface area contributed by atoms with Crippen LogP contribution in [0.5, 0.6) is 5.75 Å². The van der Waals surface area contributed by atoms with Gasteiger partial charge in [0.15, 0.2) is 0 Å². The SMILES string of the molecule is CC1=CC=C(/C=C/C(=O)Oc2ccc(-c3ccc(C)cc3)cc2)CC1. The molecule has 0 bridgehead atoms. The normalized spacial score (nSPS) is 14.2. The molecule has 0 radical (unpaired) electrons. The van der Waals surface area contributed by atoms with Crippen molar-refractivity contribution in [2.45, 2.75) is 26.7 Å².